The average Bonchev–Trinajstić information content (AvgIpc) is 2.26. The van der Waals surface area contributed by atoms with E-state index in [0.29, 0.717) is 0 Å². The molecule has 80 valence electrons. The van der Waals surface area contributed by atoms with E-state index in [0.717, 1.165) is 0 Å². The zero-order chi connectivity index (χ0) is 10.7. The highest BCUT2D eigenvalue weighted by molar-refractivity contribution is 6.22. The van der Waals surface area contributed by atoms with Gasteiger partial charge in [-0.1, -0.05) is 13.3 Å². The van der Waals surface area contributed by atoms with Gasteiger partial charge in [0.2, 0.25) is 0 Å². The number of hydrogen-bond acceptors (Lipinski definition) is 1. The second-order valence-corrected chi connectivity index (χ2v) is 5.87. The Kier molecular flexibility index (Phi) is 3.21. The molecule has 1 aromatic heterocycles. The van der Waals surface area contributed by atoms with Crippen LogP contribution in [0.5, 0.6) is 0 Å². The summed E-state index contributed by atoms with van der Waals surface area (Å²) in [6.07, 6.45) is 7.10. The lowest BCUT2D eigenvalue weighted by atomic mass is 10.3. The molecule has 0 aliphatic carbocycles. The van der Waals surface area contributed by atoms with Crippen LogP contribution in [0, 0.1) is 0 Å². The summed E-state index contributed by atoms with van der Waals surface area (Å²) >= 11 is 0. The van der Waals surface area contributed by atoms with Crippen LogP contribution in [0.3, 0.4) is 0 Å². The molecule has 0 bridgehead atoms. The Hall–Kier alpha value is -1.09. The fraction of sp³-hybridized carbons (Fsp3) is 0.417. The van der Waals surface area contributed by atoms with Crippen molar-refractivity contribution in [1.82, 2.24) is 4.57 Å². The standard InChI is InChI=1S/C12H19N2Si/c1-3-4-8-13-11(2)10-12-7-5-6-9-14(12)15-13/h5-7,9-10H,3-4,8,15H2,1-2H3/q+1. The van der Waals surface area contributed by atoms with Gasteiger partial charge in [-0.25, -0.2) is 0 Å². The molecule has 0 radical (unpaired) electrons. The van der Waals surface area contributed by atoms with Crippen molar-refractivity contribution in [2.75, 3.05) is 6.54 Å². The Morgan fingerprint density at radius 1 is 1.40 bits per heavy atom. The second kappa shape index (κ2) is 4.62. The van der Waals surface area contributed by atoms with E-state index < -0.39 is 0 Å². The molecule has 2 rings (SSSR count). The van der Waals surface area contributed by atoms with E-state index in [-0.39, 0.29) is 9.84 Å². The van der Waals surface area contributed by atoms with Gasteiger partial charge in [-0.2, -0.15) is 0 Å². The summed E-state index contributed by atoms with van der Waals surface area (Å²) in [4.78, 5) is 0. The van der Waals surface area contributed by atoms with E-state index in [2.05, 4.69) is 53.1 Å². The maximum Gasteiger partial charge on any atom is 0.447 e. The van der Waals surface area contributed by atoms with E-state index in [9.17, 15) is 0 Å². The van der Waals surface area contributed by atoms with E-state index >= 15 is 0 Å². The minimum atomic E-state index is -0.315. The van der Waals surface area contributed by atoms with Gasteiger partial charge < -0.3 is 4.57 Å². The van der Waals surface area contributed by atoms with Gasteiger partial charge >= 0.3 is 9.84 Å². The normalized spacial score (nSPS) is 16.4. The Morgan fingerprint density at radius 3 is 3.07 bits per heavy atom. The van der Waals surface area contributed by atoms with Crippen molar-refractivity contribution in [1.29, 1.82) is 0 Å². The first-order chi connectivity index (χ1) is 7.31. The molecule has 1 aliphatic heterocycles. The molecule has 2 heterocycles. The van der Waals surface area contributed by atoms with Crippen LogP contribution in [0.25, 0.3) is 6.08 Å². The van der Waals surface area contributed by atoms with Crippen LogP contribution in [0.1, 0.15) is 32.4 Å². The quantitative estimate of drug-likeness (QED) is 0.695. The van der Waals surface area contributed by atoms with Crippen molar-refractivity contribution in [3.63, 3.8) is 0 Å². The van der Waals surface area contributed by atoms with Crippen molar-refractivity contribution in [3.8, 4) is 0 Å². The molecule has 2 nitrogen and oxygen atoms in total. The van der Waals surface area contributed by atoms with E-state index in [4.69, 9.17) is 0 Å². The summed E-state index contributed by atoms with van der Waals surface area (Å²) in [5.41, 5.74) is 2.82. The first-order valence-electron chi connectivity index (χ1n) is 5.73. The highest BCUT2D eigenvalue weighted by atomic mass is 28.2. The minimum Gasteiger partial charge on any atom is -0.352 e. The van der Waals surface area contributed by atoms with Crippen molar-refractivity contribution < 1.29 is 4.23 Å². The van der Waals surface area contributed by atoms with Crippen LogP contribution in [-0.4, -0.2) is 21.0 Å². The third-order valence-electron chi connectivity index (χ3n) is 2.94. The van der Waals surface area contributed by atoms with E-state index in [1.807, 2.05) is 0 Å². The Morgan fingerprint density at radius 2 is 2.27 bits per heavy atom. The van der Waals surface area contributed by atoms with Gasteiger partial charge in [0.25, 0.3) is 0 Å². The van der Waals surface area contributed by atoms with Crippen molar-refractivity contribution in [2.24, 2.45) is 0 Å². The maximum absolute atomic E-state index is 2.58. The number of allylic oxidation sites excluding steroid dienone is 1. The zero-order valence-corrected chi connectivity index (χ0v) is 11.0. The van der Waals surface area contributed by atoms with Gasteiger partial charge in [-0.05, 0) is 19.4 Å². The predicted molar refractivity (Wildman–Crippen MR) is 65.8 cm³/mol. The smallest absolute Gasteiger partial charge is 0.352 e. The Balaban J connectivity index is 2.17. The fourth-order valence-corrected chi connectivity index (χ4v) is 3.57. The van der Waals surface area contributed by atoms with Gasteiger partial charge in [0.1, 0.15) is 6.20 Å². The van der Waals surface area contributed by atoms with Crippen molar-refractivity contribution >= 4 is 15.9 Å². The lowest BCUT2D eigenvalue weighted by Crippen LogP contribution is -2.54. The highest BCUT2D eigenvalue weighted by Gasteiger charge is 2.20. The van der Waals surface area contributed by atoms with Crippen LogP contribution in [0.4, 0.5) is 0 Å². The second-order valence-electron chi connectivity index (χ2n) is 4.14. The van der Waals surface area contributed by atoms with Gasteiger partial charge in [-0.3, -0.25) is 4.23 Å². The summed E-state index contributed by atoms with van der Waals surface area (Å²) in [6, 6.07) is 6.45. The molecule has 0 N–H and O–H groups in total. The summed E-state index contributed by atoms with van der Waals surface area (Å²) in [6.45, 7) is 5.72. The van der Waals surface area contributed by atoms with Crippen molar-refractivity contribution in [3.05, 3.63) is 35.8 Å². The summed E-state index contributed by atoms with van der Waals surface area (Å²) < 4.78 is 5.01. The number of rotatable bonds is 3. The van der Waals surface area contributed by atoms with E-state index in [1.165, 1.54) is 30.8 Å². The van der Waals surface area contributed by atoms with Crippen LogP contribution >= 0.6 is 0 Å². The summed E-state index contributed by atoms with van der Waals surface area (Å²) in [5, 5.41) is 0. The molecular formula is C12H19N2Si+. The first-order valence-corrected chi connectivity index (χ1v) is 6.99. The van der Waals surface area contributed by atoms with Crippen LogP contribution in [0.15, 0.2) is 30.1 Å². The minimum absolute atomic E-state index is 0.315. The SMILES string of the molecule is CCCCN1[SiH2][n+]2ccccc2C=C1C. The molecule has 0 unspecified atom stereocenters. The van der Waals surface area contributed by atoms with Gasteiger partial charge in [0, 0.05) is 30.5 Å². The van der Waals surface area contributed by atoms with Crippen LogP contribution in [0.2, 0.25) is 0 Å². The molecule has 0 aromatic carbocycles. The van der Waals surface area contributed by atoms with Gasteiger partial charge in [0.15, 0.2) is 5.69 Å². The zero-order valence-electron chi connectivity index (χ0n) is 9.61. The Labute approximate surface area is 94.2 Å². The molecule has 15 heavy (non-hydrogen) atoms. The monoisotopic (exact) mass is 219 g/mol. The number of hydrogen-bond donors (Lipinski definition) is 0. The molecule has 3 heteroatoms. The summed E-state index contributed by atoms with van der Waals surface area (Å²) in [7, 11) is -0.315. The summed E-state index contributed by atoms with van der Waals surface area (Å²) in [5.74, 6) is 0. The molecule has 0 saturated heterocycles. The third-order valence-corrected chi connectivity index (χ3v) is 4.97. The van der Waals surface area contributed by atoms with Gasteiger partial charge in [-0.15, -0.1) is 0 Å². The molecule has 0 fully saturated rings. The third kappa shape index (κ3) is 2.29. The van der Waals surface area contributed by atoms with Crippen LogP contribution in [-0.2, 0) is 0 Å². The number of pyridine rings is 1. The first kappa shape index (κ1) is 10.4. The van der Waals surface area contributed by atoms with E-state index in [1.54, 1.807) is 0 Å². The fourth-order valence-electron chi connectivity index (χ4n) is 1.95. The lowest BCUT2D eigenvalue weighted by molar-refractivity contribution is -0.539. The Bertz CT molecular complexity index is 374. The molecule has 0 atom stereocenters. The molecule has 1 aromatic rings. The molecule has 0 saturated carbocycles. The maximum atomic E-state index is 2.58. The number of aromatic nitrogens is 1. The van der Waals surface area contributed by atoms with Gasteiger partial charge in [0.05, 0.1) is 0 Å². The molecular weight excluding hydrogens is 200 g/mol. The lowest BCUT2D eigenvalue weighted by Gasteiger charge is -2.25. The number of nitrogens with zero attached hydrogens (tertiary/aromatic N) is 2. The highest BCUT2D eigenvalue weighted by Crippen LogP contribution is 2.11. The largest absolute Gasteiger partial charge is 0.447 e. The molecule has 1 aliphatic rings. The van der Waals surface area contributed by atoms with Crippen molar-refractivity contribution in [2.45, 2.75) is 26.7 Å². The van der Waals surface area contributed by atoms with Crippen LogP contribution < -0.4 is 4.23 Å². The molecule has 0 spiro atoms. The average molecular weight is 219 g/mol. The topological polar surface area (TPSA) is 7.12 Å². The predicted octanol–water partition coefficient (Wildman–Crippen LogP) is 1.30. The molecule has 0 amide bonds. The number of unbranched alkanes of at least 4 members (excludes halogenated alkanes) is 1. The number of fused-ring (bicyclic) bond motifs is 1.